The molecular weight excluding hydrogens is 497 g/mol. The first-order valence-corrected chi connectivity index (χ1v) is 11.9. The van der Waals surface area contributed by atoms with Gasteiger partial charge in [0.2, 0.25) is 6.04 Å². The summed E-state index contributed by atoms with van der Waals surface area (Å²) in [6.07, 6.45) is 0. The maximum atomic E-state index is 13.1. The van der Waals surface area contributed by atoms with Gasteiger partial charge < -0.3 is 24.3 Å². The van der Waals surface area contributed by atoms with Crippen LogP contribution in [0.5, 0.6) is 23.0 Å². The summed E-state index contributed by atoms with van der Waals surface area (Å²) in [5.41, 5.74) is 0.500. The van der Waals surface area contributed by atoms with E-state index in [-0.39, 0.29) is 11.4 Å². The van der Waals surface area contributed by atoms with Crippen LogP contribution in [0.1, 0.15) is 34.6 Å². The molecule has 0 saturated carbocycles. The van der Waals surface area contributed by atoms with E-state index in [0.717, 1.165) is 0 Å². The standard InChI is InChI=1S/C24H29Cl2N3O6/c1-6-32-18-13-17(19(33-7-2)12-16(18)26)28-29-22(14(5)30)24(31)27-23-20(34-8-3)10-15(25)11-21(23)35-9-4/h10-13,22H,6-9H2,1-5H3,(H,27,31). The van der Waals surface area contributed by atoms with Crippen LogP contribution in [-0.2, 0) is 9.59 Å². The van der Waals surface area contributed by atoms with E-state index in [4.69, 9.17) is 42.1 Å². The van der Waals surface area contributed by atoms with Crippen LogP contribution in [0.2, 0.25) is 10.0 Å². The Morgan fingerprint density at radius 1 is 0.829 bits per heavy atom. The van der Waals surface area contributed by atoms with E-state index in [1.54, 1.807) is 39.0 Å². The Balaban J connectivity index is 2.42. The maximum absolute atomic E-state index is 13.1. The number of halogens is 2. The average Bonchev–Trinajstić information content (AvgIpc) is 2.79. The lowest BCUT2D eigenvalue weighted by molar-refractivity contribution is -0.126. The topological polar surface area (TPSA) is 108 Å². The molecule has 9 nitrogen and oxygen atoms in total. The monoisotopic (exact) mass is 525 g/mol. The highest BCUT2D eigenvalue weighted by Gasteiger charge is 2.26. The van der Waals surface area contributed by atoms with Crippen molar-refractivity contribution in [1.29, 1.82) is 0 Å². The SMILES string of the molecule is CCOc1cc(N=NC(C(C)=O)C(=O)Nc2c(OCC)cc(Cl)cc2OCC)c(OCC)cc1Cl. The Morgan fingerprint density at radius 2 is 1.34 bits per heavy atom. The number of benzene rings is 2. The van der Waals surface area contributed by atoms with Crippen LogP contribution in [0.25, 0.3) is 0 Å². The van der Waals surface area contributed by atoms with Gasteiger partial charge in [-0.15, -0.1) is 0 Å². The Morgan fingerprint density at radius 3 is 1.86 bits per heavy atom. The van der Waals surface area contributed by atoms with Crippen LogP contribution in [-0.4, -0.2) is 44.2 Å². The molecule has 0 aliphatic heterocycles. The van der Waals surface area contributed by atoms with Gasteiger partial charge in [0.1, 0.15) is 34.4 Å². The van der Waals surface area contributed by atoms with Gasteiger partial charge in [-0.05, 0) is 34.6 Å². The molecule has 2 aromatic carbocycles. The first-order chi connectivity index (χ1) is 16.7. The predicted molar refractivity (Wildman–Crippen MR) is 135 cm³/mol. The quantitative estimate of drug-likeness (QED) is 0.244. The summed E-state index contributed by atoms with van der Waals surface area (Å²) in [6.45, 7) is 9.82. The summed E-state index contributed by atoms with van der Waals surface area (Å²) in [6, 6.07) is 4.73. The molecule has 35 heavy (non-hydrogen) atoms. The fourth-order valence-corrected chi connectivity index (χ4v) is 3.40. The number of amides is 1. The zero-order valence-corrected chi connectivity index (χ0v) is 21.8. The lowest BCUT2D eigenvalue weighted by Crippen LogP contribution is -2.32. The molecule has 2 rings (SSSR count). The van der Waals surface area contributed by atoms with E-state index >= 15 is 0 Å². The van der Waals surface area contributed by atoms with E-state index in [1.165, 1.54) is 13.0 Å². The van der Waals surface area contributed by atoms with Gasteiger partial charge >= 0.3 is 0 Å². The van der Waals surface area contributed by atoms with E-state index in [2.05, 4.69) is 15.5 Å². The number of nitrogens with zero attached hydrogens (tertiary/aromatic N) is 2. The molecular formula is C24H29Cl2N3O6. The smallest absolute Gasteiger partial charge is 0.259 e. The summed E-state index contributed by atoms with van der Waals surface area (Å²) < 4.78 is 22.3. The van der Waals surface area contributed by atoms with Crippen LogP contribution in [0.15, 0.2) is 34.5 Å². The van der Waals surface area contributed by atoms with Gasteiger partial charge in [0.15, 0.2) is 5.78 Å². The highest BCUT2D eigenvalue weighted by atomic mass is 35.5. The van der Waals surface area contributed by atoms with E-state index in [0.29, 0.717) is 59.5 Å². The normalized spacial score (nSPS) is 11.7. The van der Waals surface area contributed by atoms with Crippen molar-refractivity contribution >= 4 is 46.3 Å². The molecule has 0 fully saturated rings. The third-order valence-electron chi connectivity index (χ3n) is 4.41. The number of anilines is 1. The molecule has 0 radical (unpaired) electrons. The number of carbonyl (C=O) groups excluding carboxylic acids is 2. The summed E-state index contributed by atoms with van der Waals surface area (Å²) in [4.78, 5) is 25.4. The van der Waals surface area contributed by atoms with E-state index in [1.807, 2.05) is 6.92 Å². The number of rotatable bonds is 13. The Labute approximate surface area is 214 Å². The molecule has 0 spiro atoms. The number of nitrogens with one attached hydrogen (secondary N) is 1. The molecule has 190 valence electrons. The molecule has 0 aliphatic rings. The van der Waals surface area contributed by atoms with Gasteiger partial charge in [-0.3, -0.25) is 9.59 Å². The van der Waals surface area contributed by atoms with Crippen molar-refractivity contribution in [1.82, 2.24) is 0 Å². The Bertz CT molecular complexity index is 1050. The highest BCUT2D eigenvalue weighted by Crippen LogP contribution is 2.40. The average molecular weight is 526 g/mol. The Hall–Kier alpha value is -3.04. The molecule has 1 unspecified atom stereocenters. The van der Waals surface area contributed by atoms with Gasteiger partial charge in [0, 0.05) is 29.3 Å². The number of hydrogen-bond acceptors (Lipinski definition) is 8. The number of hydrogen-bond donors (Lipinski definition) is 1. The van der Waals surface area contributed by atoms with Gasteiger partial charge in [0.05, 0.1) is 31.5 Å². The van der Waals surface area contributed by atoms with Crippen molar-refractivity contribution in [2.45, 2.75) is 40.7 Å². The second kappa shape index (κ2) is 13.7. The largest absolute Gasteiger partial charge is 0.492 e. The molecule has 0 saturated heterocycles. The Kier molecular flexibility index (Phi) is 11.1. The van der Waals surface area contributed by atoms with Crippen molar-refractivity contribution in [3.05, 3.63) is 34.3 Å². The summed E-state index contributed by atoms with van der Waals surface area (Å²) in [7, 11) is 0. The molecule has 2 aromatic rings. The fourth-order valence-electron chi connectivity index (χ4n) is 2.99. The van der Waals surface area contributed by atoms with Crippen LogP contribution in [0.3, 0.4) is 0 Å². The number of Topliss-reactive ketones (excluding diaryl/α,β-unsaturated/α-hetero) is 1. The molecule has 0 aliphatic carbocycles. The molecule has 0 bridgehead atoms. The lowest BCUT2D eigenvalue weighted by Gasteiger charge is -2.18. The molecule has 1 atom stereocenters. The van der Waals surface area contributed by atoms with Crippen LogP contribution in [0.4, 0.5) is 11.4 Å². The number of azo groups is 1. The summed E-state index contributed by atoms with van der Waals surface area (Å²) in [5.74, 6) is 0.0691. The molecule has 11 heteroatoms. The van der Waals surface area contributed by atoms with Gasteiger partial charge in [-0.2, -0.15) is 10.2 Å². The van der Waals surface area contributed by atoms with Gasteiger partial charge in [0.25, 0.3) is 5.91 Å². The number of carbonyl (C=O) groups is 2. The number of ether oxygens (including phenoxy) is 4. The van der Waals surface area contributed by atoms with Crippen LogP contribution >= 0.6 is 23.2 Å². The lowest BCUT2D eigenvalue weighted by atomic mass is 10.2. The second-order valence-corrected chi connectivity index (χ2v) is 7.82. The zero-order valence-electron chi connectivity index (χ0n) is 20.3. The molecule has 0 aromatic heterocycles. The van der Waals surface area contributed by atoms with E-state index in [9.17, 15) is 9.59 Å². The minimum atomic E-state index is -1.45. The van der Waals surface area contributed by atoms with Crippen molar-refractivity contribution < 1.29 is 28.5 Å². The maximum Gasteiger partial charge on any atom is 0.259 e. The number of ketones is 1. The van der Waals surface area contributed by atoms with Crippen molar-refractivity contribution in [2.24, 2.45) is 10.2 Å². The first kappa shape index (κ1) is 28.2. The fraction of sp³-hybridized carbons (Fsp3) is 0.417. The molecule has 1 N–H and O–H groups in total. The zero-order chi connectivity index (χ0) is 26.0. The van der Waals surface area contributed by atoms with Gasteiger partial charge in [-0.25, -0.2) is 0 Å². The molecule has 0 heterocycles. The summed E-state index contributed by atoms with van der Waals surface area (Å²) in [5, 5.41) is 11.5. The predicted octanol–water partition coefficient (Wildman–Crippen LogP) is 6.27. The minimum absolute atomic E-state index is 0.240. The first-order valence-electron chi connectivity index (χ1n) is 11.2. The third kappa shape index (κ3) is 7.73. The molecule has 1 amide bonds. The van der Waals surface area contributed by atoms with Crippen molar-refractivity contribution in [3.63, 3.8) is 0 Å². The van der Waals surface area contributed by atoms with Crippen molar-refractivity contribution in [2.75, 3.05) is 31.7 Å². The van der Waals surface area contributed by atoms with E-state index < -0.39 is 17.7 Å². The minimum Gasteiger partial charge on any atom is -0.492 e. The van der Waals surface area contributed by atoms with Gasteiger partial charge in [-0.1, -0.05) is 23.2 Å². The third-order valence-corrected chi connectivity index (χ3v) is 4.92. The highest BCUT2D eigenvalue weighted by molar-refractivity contribution is 6.32. The second-order valence-electron chi connectivity index (χ2n) is 6.98. The van der Waals surface area contributed by atoms with Crippen LogP contribution < -0.4 is 24.3 Å². The van der Waals surface area contributed by atoms with Crippen LogP contribution in [0, 0.1) is 0 Å². The van der Waals surface area contributed by atoms with Crippen molar-refractivity contribution in [3.8, 4) is 23.0 Å². The summed E-state index contributed by atoms with van der Waals surface area (Å²) >= 11 is 12.4.